The van der Waals surface area contributed by atoms with Crippen molar-refractivity contribution in [1.29, 1.82) is 0 Å². The molecule has 0 aliphatic rings. The number of carbonyl (C=O) groups is 1. The predicted octanol–water partition coefficient (Wildman–Crippen LogP) is 2.54. The number of esters is 1. The van der Waals surface area contributed by atoms with Crippen LogP contribution in [0.3, 0.4) is 0 Å². The fourth-order valence-corrected chi connectivity index (χ4v) is 1.95. The Morgan fingerprint density at radius 3 is 2.68 bits per heavy atom. The number of benzene rings is 1. The summed E-state index contributed by atoms with van der Waals surface area (Å²) in [4.78, 5) is 22.3. The van der Waals surface area contributed by atoms with Crippen LogP contribution in [0.25, 0.3) is 5.69 Å². The number of nitro groups is 1. The Bertz CT molecular complexity index is 758. The van der Waals surface area contributed by atoms with Gasteiger partial charge < -0.3 is 4.74 Å². The summed E-state index contributed by atoms with van der Waals surface area (Å²) in [6, 6.07) is 2.58. The number of aromatic nitrogens is 2. The highest BCUT2D eigenvalue weighted by Crippen LogP contribution is 2.27. The Morgan fingerprint density at radius 1 is 1.45 bits per heavy atom. The van der Waals surface area contributed by atoms with Crippen LogP contribution in [0, 0.1) is 28.7 Å². The first-order valence-corrected chi connectivity index (χ1v) is 6.23. The fourth-order valence-electron chi connectivity index (χ4n) is 1.95. The number of halogens is 2. The number of carbonyl (C=O) groups excluding carboxylic acids is 1. The van der Waals surface area contributed by atoms with E-state index in [0.717, 1.165) is 16.8 Å². The fraction of sp³-hybridized carbons (Fsp3) is 0.231. The maximum atomic E-state index is 13.9. The van der Waals surface area contributed by atoms with E-state index in [9.17, 15) is 23.7 Å². The van der Waals surface area contributed by atoms with Gasteiger partial charge in [-0.15, -0.1) is 0 Å². The van der Waals surface area contributed by atoms with Crippen LogP contribution in [0.1, 0.15) is 23.1 Å². The molecule has 0 atom stereocenters. The van der Waals surface area contributed by atoms with Gasteiger partial charge in [0, 0.05) is 6.07 Å². The zero-order valence-corrected chi connectivity index (χ0v) is 11.7. The summed E-state index contributed by atoms with van der Waals surface area (Å²) in [5.41, 5.74) is -1.48. The summed E-state index contributed by atoms with van der Waals surface area (Å²) in [6.07, 6.45) is 0. The topological polar surface area (TPSA) is 87.3 Å². The van der Waals surface area contributed by atoms with E-state index in [1.54, 1.807) is 0 Å². The molecule has 116 valence electrons. The van der Waals surface area contributed by atoms with E-state index < -0.39 is 33.9 Å². The van der Waals surface area contributed by atoms with Gasteiger partial charge in [0.1, 0.15) is 17.2 Å². The SMILES string of the molecule is CCOC(=O)c1c([N+](=O)[O-])c(C)nn1-c1ccc(F)cc1F. The van der Waals surface area contributed by atoms with E-state index in [-0.39, 0.29) is 18.0 Å². The molecule has 0 saturated carbocycles. The van der Waals surface area contributed by atoms with Gasteiger partial charge in [-0.1, -0.05) is 0 Å². The van der Waals surface area contributed by atoms with Crippen molar-refractivity contribution in [3.8, 4) is 5.69 Å². The second-order valence-electron chi connectivity index (χ2n) is 4.27. The van der Waals surface area contributed by atoms with Crippen LogP contribution in [-0.4, -0.2) is 27.3 Å². The van der Waals surface area contributed by atoms with E-state index in [1.807, 2.05) is 0 Å². The maximum Gasteiger partial charge on any atom is 0.364 e. The molecule has 22 heavy (non-hydrogen) atoms. The van der Waals surface area contributed by atoms with Crippen molar-refractivity contribution in [2.24, 2.45) is 0 Å². The molecule has 0 N–H and O–H groups in total. The molecule has 0 unspecified atom stereocenters. The summed E-state index contributed by atoms with van der Waals surface area (Å²) in [5, 5.41) is 14.9. The third-order valence-electron chi connectivity index (χ3n) is 2.82. The molecular weight excluding hydrogens is 300 g/mol. The lowest BCUT2D eigenvalue weighted by molar-refractivity contribution is -0.385. The van der Waals surface area contributed by atoms with Crippen LogP contribution in [-0.2, 0) is 4.74 Å². The molecule has 9 heteroatoms. The summed E-state index contributed by atoms with van der Waals surface area (Å²) in [5.74, 6) is -2.85. The van der Waals surface area contributed by atoms with Gasteiger partial charge in [0.2, 0.25) is 5.69 Å². The number of ether oxygens (including phenoxy) is 1. The quantitative estimate of drug-likeness (QED) is 0.492. The summed E-state index contributed by atoms with van der Waals surface area (Å²) < 4.78 is 32.4. The number of hydrogen-bond donors (Lipinski definition) is 0. The van der Waals surface area contributed by atoms with Crippen molar-refractivity contribution in [2.45, 2.75) is 13.8 Å². The largest absolute Gasteiger partial charge is 0.461 e. The standard InChI is InChI=1S/C13H11F2N3O4/c1-3-22-13(19)12-11(18(20)21)7(2)16-17(12)10-5-4-8(14)6-9(10)15/h4-6H,3H2,1-2H3. The molecular formula is C13H11F2N3O4. The molecule has 7 nitrogen and oxygen atoms in total. The van der Waals surface area contributed by atoms with Gasteiger partial charge in [0.05, 0.1) is 11.5 Å². The lowest BCUT2D eigenvalue weighted by Crippen LogP contribution is -2.14. The van der Waals surface area contributed by atoms with Crippen molar-refractivity contribution in [1.82, 2.24) is 9.78 Å². The van der Waals surface area contributed by atoms with Crippen molar-refractivity contribution < 1.29 is 23.2 Å². The van der Waals surface area contributed by atoms with Crippen LogP contribution in [0.15, 0.2) is 18.2 Å². The second-order valence-corrected chi connectivity index (χ2v) is 4.27. The van der Waals surface area contributed by atoms with E-state index in [4.69, 9.17) is 4.74 Å². The zero-order valence-electron chi connectivity index (χ0n) is 11.7. The monoisotopic (exact) mass is 311 g/mol. The first-order chi connectivity index (χ1) is 10.4. The molecule has 0 saturated heterocycles. The Kier molecular flexibility index (Phi) is 4.15. The van der Waals surface area contributed by atoms with Gasteiger partial charge in [-0.05, 0) is 26.0 Å². The Morgan fingerprint density at radius 2 is 2.14 bits per heavy atom. The van der Waals surface area contributed by atoms with Crippen molar-refractivity contribution in [3.05, 3.63) is 51.3 Å². The smallest absolute Gasteiger partial charge is 0.364 e. The zero-order chi connectivity index (χ0) is 16.4. The molecule has 1 aromatic heterocycles. The molecule has 0 spiro atoms. The maximum absolute atomic E-state index is 13.9. The summed E-state index contributed by atoms with van der Waals surface area (Å²) in [7, 11) is 0. The number of nitrogens with zero attached hydrogens (tertiary/aromatic N) is 3. The van der Waals surface area contributed by atoms with E-state index in [1.165, 1.54) is 13.8 Å². The average Bonchev–Trinajstić information content (AvgIpc) is 2.76. The highest BCUT2D eigenvalue weighted by molar-refractivity contribution is 5.93. The van der Waals surface area contributed by atoms with Gasteiger partial charge in [0.25, 0.3) is 0 Å². The van der Waals surface area contributed by atoms with Crippen LogP contribution in [0.2, 0.25) is 0 Å². The number of rotatable bonds is 4. The first kappa shape index (κ1) is 15.5. The van der Waals surface area contributed by atoms with Crippen LogP contribution < -0.4 is 0 Å². The molecule has 1 aromatic carbocycles. The van der Waals surface area contributed by atoms with Gasteiger partial charge in [-0.25, -0.2) is 18.3 Å². The summed E-state index contributed by atoms with van der Waals surface area (Å²) >= 11 is 0. The predicted molar refractivity (Wildman–Crippen MR) is 70.8 cm³/mol. The number of aryl methyl sites for hydroxylation is 1. The molecule has 2 rings (SSSR count). The molecule has 0 radical (unpaired) electrons. The third kappa shape index (κ3) is 2.65. The van der Waals surface area contributed by atoms with Crippen molar-refractivity contribution >= 4 is 11.7 Å². The highest BCUT2D eigenvalue weighted by atomic mass is 19.1. The molecule has 0 bridgehead atoms. The van der Waals surface area contributed by atoms with Crippen LogP contribution in [0.4, 0.5) is 14.5 Å². The van der Waals surface area contributed by atoms with Crippen molar-refractivity contribution in [3.63, 3.8) is 0 Å². The Balaban J connectivity index is 2.73. The molecule has 0 aliphatic heterocycles. The molecule has 1 heterocycles. The van der Waals surface area contributed by atoms with Crippen LogP contribution >= 0.6 is 0 Å². The lowest BCUT2D eigenvalue weighted by atomic mass is 10.2. The van der Waals surface area contributed by atoms with Gasteiger partial charge in [-0.2, -0.15) is 5.10 Å². The van der Waals surface area contributed by atoms with Gasteiger partial charge >= 0.3 is 11.7 Å². The van der Waals surface area contributed by atoms with Gasteiger partial charge in [0.15, 0.2) is 5.82 Å². The minimum atomic E-state index is -1.02. The van der Waals surface area contributed by atoms with Crippen LogP contribution in [0.5, 0.6) is 0 Å². The van der Waals surface area contributed by atoms with E-state index in [2.05, 4.69) is 5.10 Å². The van der Waals surface area contributed by atoms with E-state index in [0.29, 0.717) is 6.07 Å². The molecule has 0 amide bonds. The minimum absolute atomic E-state index is 0.0217. The Hall–Kier alpha value is -2.84. The lowest BCUT2D eigenvalue weighted by Gasteiger charge is -2.07. The third-order valence-corrected chi connectivity index (χ3v) is 2.82. The minimum Gasteiger partial charge on any atom is -0.461 e. The molecule has 0 fully saturated rings. The average molecular weight is 311 g/mol. The Labute approximate surface area is 123 Å². The summed E-state index contributed by atoms with van der Waals surface area (Å²) in [6.45, 7) is 2.81. The highest BCUT2D eigenvalue weighted by Gasteiger charge is 2.33. The number of hydrogen-bond acceptors (Lipinski definition) is 5. The van der Waals surface area contributed by atoms with Gasteiger partial charge in [-0.3, -0.25) is 10.1 Å². The van der Waals surface area contributed by atoms with Crippen molar-refractivity contribution in [2.75, 3.05) is 6.61 Å². The first-order valence-electron chi connectivity index (χ1n) is 6.23. The molecule has 2 aromatic rings. The normalized spacial score (nSPS) is 10.5. The second kappa shape index (κ2) is 5.88. The molecule has 0 aliphatic carbocycles. The van der Waals surface area contributed by atoms with E-state index >= 15 is 0 Å².